The maximum atomic E-state index is 3.65. The van der Waals surface area contributed by atoms with Crippen LogP contribution in [0.2, 0.25) is 0 Å². The van der Waals surface area contributed by atoms with Gasteiger partial charge in [-0.15, -0.1) is 0 Å². The molecule has 1 aliphatic carbocycles. The van der Waals surface area contributed by atoms with Crippen LogP contribution in [-0.2, 0) is 0 Å². The Balaban J connectivity index is 2.06. The second-order valence-corrected chi connectivity index (χ2v) is 5.55. The maximum Gasteiger partial charge on any atom is 0.0356 e. The summed E-state index contributed by atoms with van der Waals surface area (Å²) in [6.07, 6.45) is 4.21. The first kappa shape index (κ1) is 11.2. The van der Waals surface area contributed by atoms with Crippen molar-refractivity contribution in [1.29, 1.82) is 0 Å². The minimum atomic E-state index is 0.603. The summed E-state index contributed by atoms with van der Waals surface area (Å²) in [5, 5.41) is 8.15. The maximum absolute atomic E-state index is 3.65. The number of hydrogen-bond acceptors (Lipinski definition) is 2. The highest BCUT2D eigenvalue weighted by atomic mass is 32.1. The van der Waals surface area contributed by atoms with Crippen molar-refractivity contribution in [1.82, 2.24) is 5.32 Å². The monoisotopic (exact) mass is 223 g/mol. The Kier molecular flexibility index (Phi) is 3.81. The van der Waals surface area contributed by atoms with Crippen molar-refractivity contribution < 1.29 is 0 Å². The van der Waals surface area contributed by atoms with Crippen LogP contribution in [-0.4, -0.2) is 6.54 Å². The third-order valence-corrected chi connectivity index (χ3v) is 4.23. The Morgan fingerprint density at radius 1 is 1.53 bits per heavy atom. The average Bonchev–Trinajstić information content (AvgIpc) is 2.85. The molecule has 1 aromatic heterocycles. The molecule has 1 fully saturated rings. The Hall–Kier alpha value is -0.340. The standard InChI is InChI=1S/C13H21NS/c1-3-14-13(12-6-7-15-9-12)11-5-4-10(2)8-11/h6-7,9-11,13-14H,3-5,8H2,1-2H3. The van der Waals surface area contributed by atoms with Gasteiger partial charge in [-0.2, -0.15) is 11.3 Å². The minimum Gasteiger partial charge on any atom is -0.310 e. The van der Waals surface area contributed by atoms with E-state index in [2.05, 4.69) is 36.0 Å². The zero-order valence-electron chi connectivity index (χ0n) is 9.70. The molecule has 2 heteroatoms. The minimum absolute atomic E-state index is 0.603. The molecular formula is C13H21NS. The fraction of sp³-hybridized carbons (Fsp3) is 0.692. The van der Waals surface area contributed by atoms with E-state index in [1.807, 2.05) is 11.3 Å². The van der Waals surface area contributed by atoms with E-state index < -0.39 is 0 Å². The second-order valence-electron chi connectivity index (χ2n) is 4.77. The van der Waals surface area contributed by atoms with Gasteiger partial charge in [-0.05, 0) is 53.6 Å². The van der Waals surface area contributed by atoms with Gasteiger partial charge >= 0.3 is 0 Å². The molecular weight excluding hydrogens is 202 g/mol. The molecule has 0 aromatic carbocycles. The van der Waals surface area contributed by atoms with Crippen LogP contribution in [0.3, 0.4) is 0 Å². The van der Waals surface area contributed by atoms with Crippen LogP contribution < -0.4 is 5.32 Å². The van der Waals surface area contributed by atoms with Gasteiger partial charge in [0.15, 0.2) is 0 Å². The van der Waals surface area contributed by atoms with Crippen molar-refractivity contribution in [2.24, 2.45) is 11.8 Å². The van der Waals surface area contributed by atoms with Gasteiger partial charge in [0.2, 0.25) is 0 Å². The molecule has 1 N–H and O–H groups in total. The van der Waals surface area contributed by atoms with Crippen LogP contribution in [0.25, 0.3) is 0 Å². The molecule has 0 bridgehead atoms. The molecule has 15 heavy (non-hydrogen) atoms. The predicted octanol–water partition coefficient (Wildman–Crippen LogP) is 3.83. The van der Waals surface area contributed by atoms with Gasteiger partial charge in [0.05, 0.1) is 0 Å². The Labute approximate surface area is 96.9 Å². The summed E-state index contributed by atoms with van der Waals surface area (Å²) in [6.45, 7) is 5.67. The summed E-state index contributed by atoms with van der Waals surface area (Å²) < 4.78 is 0. The zero-order valence-corrected chi connectivity index (χ0v) is 10.5. The summed E-state index contributed by atoms with van der Waals surface area (Å²) in [7, 11) is 0. The molecule has 3 unspecified atom stereocenters. The van der Waals surface area contributed by atoms with E-state index in [1.54, 1.807) is 0 Å². The van der Waals surface area contributed by atoms with Crippen LogP contribution in [0, 0.1) is 11.8 Å². The molecule has 0 saturated heterocycles. The van der Waals surface area contributed by atoms with E-state index in [0.29, 0.717) is 6.04 Å². The number of thiophene rings is 1. The van der Waals surface area contributed by atoms with Crippen LogP contribution in [0.1, 0.15) is 44.7 Å². The first-order valence-electron chi connectivity index (χ1n) is 6.06. The van der Waals surface area contributed by atoms with Gasteiger partial charge in [-0.3, -0.25) is 0 Å². The lowest BCUT2D eigenvalue weighted by Gasteiger charge is -2.23. The van der Waals surface area contributed by atoms with Crippen molar-refractivity contribution in [3.05, 3.63) is 22.4 Å². The highest BCUT2D eigenvalue weighted by Crippen LogP contribution is 2.39. The predicted molar refractivity (Wildman–Crippen MR) is 67.2 cm³/mol. The van der Waals surface area contributed by atoms with Crippen LogP contribution in [0.5, 0.6) is 0 Å². The van der Waals surface area contributed by atoms with Gasteiger partial charge in [0, 0.05) is 6.04 Å². The lowest BCUT2D eigenvalue weighted by molar-refractivity contribution is 0.366. The molecule has 1 aromatic rings. The van der Waals surface area contributed by atoms with Crippen molar-refractivity contribution in [2.75, 3.05) is 6.54 Å². The summed E-state index contributed by atoms with van der Waals surface area (Å²) in [4.78, 5) is 0. The lowest BCUT2D eigenvalue weighted by atomic mass is 9.92. The van der Waals surface area contributed by atoms with E-state index in [4.69, 9.17) is 0 Å². The Morgan fingerprint density at radius 3 is 2.93 bits per heavy atom. The molecule has 84 valence electrons. The number of hydrogen-bond donors (Lipinski definition) is 1. The van der Waals surface area contributed by atoms with Gasteiger partial charge in [-0.25, -0.2) is 0 Å². The SMILES string of the molecule is CCNC(c1ccsc1)C1CCC(C)C1. The first-order valence-corrected chi connectivity index (χ1v) is 7.01. The number of rotatable bonds is 4. The van der Waals surface area contributed by atoms with E-state index in [9.17, 15) is 0 Å². The van der Waals surface area contributed by atoms with Crippen LogP contribution >= 0.6 is 11.3 Å². The Morgan fingerprint density at radius 2 is 2.40 bits per heavy atom. The van der Waals surface area contributed by atoms with E-state index in [1.165, 1.54) is 24.8 Å². The molecule has 0 spiro atoms. The summed E-state index contributed by atoms with van der Waals surface area (Å²) in [5.74, 6) is 1.78. The number of nitrogens with one attached hydrogen (secondary N) is 1. The molecule has 1 saturated carbocycles. The average molecular weight is 223 g/mol. The third-order valence-electron chi connectivity index (χ3n) is 3.53. The fourth-order valence-electron chi connectivity index (χ4n) is 2.78. The summed E-state index contributed by atoms with van der Waals surface area (Å²) >= 11 is 1.81. The van der Waals surface area contributed by atoms with Gasteiger partial charge in [-0.1, -0.05) is 20.3 Å². The molecule has 0 amide bonds. The zero-order chi connectivity index (χ0) is 10.7. The quantitative estimate of drug-likeness (QED) is 0.818. The smallest absolute Gasteiger partial charge is 0.0356 e. The second kappa shape index (κ2) is 5.13. The fourth-order valence-corrected chi connectivity index (χ4v) is 3.48. The molecule has 1 aliphatic rings. The molecule has 0 aliphatic heterocycles. The van der Waals surface area contributed by atoms with E-state index in [0.717, 1.165) is 18.4 Å². The van der Waals surface area contributed by atoms with E-state index in [-0.39, 0.29) is 0 Å². The third kappa shape index (κ3) is 2.61. The molecule has 2 rings (SSSR count). The topological polar surface area (TPSA) is 12.0 Å². The highest BCUT2D eigenvalue weighted by molar-refractivity contribution is 7.07. The van der Waals surface area contributed by atoms with Crippen molar-refractivity contribution >= 4 is 11.3 Å². The molecule has 0 radical (unpaired) electrons. The molecule has 3 atom stereocenters. The molecule has 1 heterocycles. The Bertz CT molecular complexity index is 281. The molecule has 1 nitrogen and oxygen atoms in total. The van der Waals surface area contributed by atoms with Gasteiger partial charge in [0.25, 0.3) is 0 Å². The summed E-state index contributed by atoms with van der Waals surface area (Å²) in [6, 6.07) is 2.88. The largest absolute Gasteiger partial charge is 0.310 e. The normalized spacial score (nSPS) is 28.1. The van der Waals surface area contributed by atoms with Crippen molar-refractivity contribution in [2.45, 2.75) is 39.2 Å². The van der Waals surface area contributed by atoms with Gasteiger partial charge < -0.3 is 5.32 Å². The summed E-state index contributed by atoms with van der Waals surface area (Å²) in [5.41, 5.74) is 1.50. The van der Waals surface area contributed by atoms with E-state index >= 15 is 0 Å². The van der Waals surface area contributed by atoms with Crippen molar-refractivity contribution in [3.8, 4) is 0 Å². The van der Waals surface area contributed by atoms with Crippen molar-refractivity contribution in [3.63, 3.8) is 0 Å². The first-order chi connectivity index (χ1) is 7.31. The highest BCUT2D eigenvalue weighted by Gasteiger charge is 2.29. The van der Waals surface area contributed by atoms with Gasteiger partial charge in [0.1, 0.15) is 0 Å². The van der Waals surface area contributed by atoms with Crippen LogP contribution in [0.15, 0.2) is 16.8 Å². The lowest BCUT2D eigenvalue weighted by Crippen LogP contribution is -2.26. The van der Waals surface area contributed by atoms with Crippen LogP contribution in [0.4, 0.5) is 0 Å².